The van der Waals surface area contributed by atoms with Crippen molar-refractivity contribution in [3.63, 3.8) is 0 Å². The molecule has 0 N–H and O–H groups in total. The topological polar surface area (TPSA) is 37.7 Å². The zero-order valence-corrected chi connectivity index (χ0v) is 13.7. The summed E-state index contributed by atoms with van der Waals surface area (Å²) in [6, 6.07) is 18.5. The van der Waals surface area contributed by atoms with Gasteiger partial charge in [-0.1, -0.05) is 30.3 Å². The molecule has 0 aliphatic carbocycles. The van der Waals surface area contributed by atoms with Crippen molar-refractivity contribution >= 4 is 17.0 Å². The molecule has 0 saturated heterocycles. The van der Waals surface area contributed by atoms with Crippen LogP contribution in [-0.2, 0) is 0 Å². The van der Waals surface area contributed by atoms with Gasteiger partial charge in [0.05, 0.1) is 16.6 Å². The van der Waals surface area contributed by atoms with Crippen LogP contribution in [0.1, 0.15) is 34.8 Å². The van der Waals surface area contributed by atoms with Crippen LogP contribution in [0.2, 0.25) is 0 Å². The molecule has 24 heavy (non-hydrogen) atoms. The SMILES string of the molecule is c1ccc([C@H]2Oc3ccccc3[C@H]3CC(c4cccs4)=NN32)nc1. The Hall–Kier alpha value is -2.66. The van der Waals surface area contributed by atoms with Gasteiger partial charge in [-0.3, -0.25) is 4.98 Å². The van der Waals surface area contributed by atoms with Crippen molar-refractivity contribution in [3.05, 3.63) is 82.3 Å². The minimum atomic E-state index is -0.288. The predicted molar refractivity (Wildman–Crippen MR) is 94.1 cm³/mol. The number of nitrogens with zero attached hydrogens (tertiary/aromatic N) is 3. The fourth-order valence-corrected chi connectivity index (χ4v) is 4.06. The summed E-state index contributed by atoms with van der Waals surface area (Å²) in [5.74, 6) is 0.928. The minimum Gasteiger partial charge on any atom is -0.463 e. The molecule has 0 saturated carbocycles. The summed E-state index contributed by atoms with van der Waals surface area (Å²) in [6.45, 7) is 0. The standard InChI is InChI=1S/C19H15N3OS/c1-2-8-17-13(6-1)16-12-15(18-9-5-11-24-18)21-22(16)19(23-17)14-7-3-4-10-20-14/h1-11,16,19H,12H2/t16-,19-/m1/s1. The van der Waals surface area contributed by atoms with Crippen molar-refractivity contribution in [1.82, 2.24) is 9.99 Å². The molecule has 4 heterocycles. The average Bonchev–Trinajstić information content (AvgIpc) is 3.31. The zero-order valence-electron chi connectivity index (χ0n) is 12.9. The van der Waals surface area contributed by atoms with Crippen LogP contribution >= 0.6 is 11.3 Å². The number of thiophene rings is 1. The summed E-state index contributed by atoms with van der Waals surface area (Å²) < 4.78 is 6.26. The molecule has 2 aliphatic heterocycles. The molecule has 3 aromatic rings. The van der Waals surface area contributed by atoms with E-state index in [4.69, 9.17) is 9.84 Å². The largest absolute Gasteiger partial charge is 0.463 e. The number of hydrogen-bond donors (Lipinski definition) is 0. The quantitative estimate of drug-likeness (QED) is 0.698. The van der Waals surface area contributed by atoms with Gasteiger partial charge < -0.3 is 4.74 Å². The summed E-state index contributed by atoms with van der Waals surface area (Å²) in [4.78, 5) is 5.71. The second-order valence-electron chi connectivity index (χ2n) is 5.89. The second kappa shape index (κ2) is 5.46. The lowest BCUT2D eigenvalue weighted by Gasteiger charge is -2.37. The number of hydrazone groups is 1. The van der Waals surface area contributed by atoms with Crippen LogP contribution in [0.5, 0.6) is 5.75 Å². The Balaban J connectivity index is 1.62. The van der Waals surface area contributed by atoms with Crippen LogP contribution in [-0.4, -0.2) is 15.7 Å². The molecule has 5 rings (SSSR count). The van der Waals surface area contributed by atoms with Crippen molar-refractivity contribution in [1.29, 1.82) is 0 Å². The van der Waals surface area contributed by atoms with Crippen molar-refractivity contribution < 1.29 is 4.74 Å². The summed E-state index contributed by atoms with van der Waals surface area (Å²) in [5.41, 5.74) is 3.20. The van der Waals surface area contributed by atoms with E-state index in [0.29, 0.717) is 0 Å². The van der Waals surface area contributed by atoms with Gasteiger partial charge in [0.25, 0.3) is 0 Å². The van der Waals surface area contributed by atoms with Gasteiger partial charge in [0.2, 0.25) is 6.23 Å². The molecule has 4 nitrogen and oxygen atoms in total. The van der Waals surface area contributed by atoms with Gasteiger partial charge in [0.15, 0.2) is 0 Å². The molecule has 0 amide bonds. The molecule has 0 spiro atoms. The third kappa shape index (κ3) is 2.12. The van der Waals surface area contributed by atoms with E-state index in [-0.39, 0.29) is 12.3 Å². The van der Waals surface area contributed by atoms with E-state index in [9.17, 15) is 0 Å². The summed E-state index contributed by atoms with van der Waals surface area (Å²) in [6.07, 6.45) is 2.40. The van der Waals surface area contributed by atoms with Crippen molar-refractivity contribution in [2.75, 3.05) is 0 Å². The Morgan fingerprint density at radius 1 is 1.04 bits per heavy atom. The van der Waals surface area contributed by atoms with Gasteiger partial charge in [0.1, 0.15) is 11.4 Å². The average molecular weight is 333 g/mol. The molecular formula is C19H15N3OS. The van der Waals surface area contributed by atoms with Crippen LogP contribution < -0.4 is 4.74 Å². The van der Waals surface area contributed by atoms with E-state index < -0.39 is 0 Å². The number of pyridine rings is 1. The number of para-hydroxylation sites is 1. The van der Waals surface area contributed by atoms with Gasteiger partial charge in [-0.25, -0.2) is 5.01 Å². The Bertz CT molecular complexity index is 892. The third-order valence-corrected chi connectivity index (χ3v) is 5.36. The highest BCUT2D eigenvalue weighted by Gasteiger charge is 2.41. The molecular weight excluding hydrogens is 318 g/mol. The molecule has 5 heteroatoms. The molecule has 2 aromatic heterocycles. The van der Waals surface area contributed by atoms with Gasteiger partial charge in [0, 0.05) is 18.2 Å². The molecule has 118 valence electrons. The molecule has 0 fully saturated rings. The highest BCUT2D eigenvalue weighted by Crippen LogP contribution is 2.47. The maximum atomic E-state index is 6.26. The fourth-order valence-electron chi connectivity index (χ4n) is 3.34. The third-order valence-electron chi connectivity index (χ3n) is 4.45. The van der Waals surface area contributed by atoms with Gasteiger partial charge in [-0.2, -0.15) is 5.10 Å². The molecule has 1 aromatic carbocycles. The first-order valence-corrected chi connectivity index (χ1v) is 8.84. The normalized spacial score (nSPS) is 21.7. The maximum Gasteiger partial charge on any atom is 0.230 e. The lowest BCUT2D eigenvalue weighted by molar-refractivity contribution is -0.0218. The number of ether oxygens (including phenoxy) is 1. The van der Waals surface area contributed by atoms with Gasteiger partial charge >= 0.3 is 0 Å². The van der Waals surface area contributed by atoms with Crippen LogP contribution in [0.15, 0.2) is 71.3 Å². The molecule has 2 aliphatic rings. The van der Waals surface area contributed by atoms with Crippen LogP contribution in [0.3, 0.4) is 0 Å². The van der Waals surface area contributed by atoms with E-state index in [1.165, 1.54) is 10.4 Å². The lowest BCUT2D eigenvalue weighted by Crippen LogP contribution is -2.34. The van der Waals surface area contributed by atoms with E-state index in [1.807, 2.05) is 30.3 Å². The first kappa shape index (κ1) is 13.7. The van der Waals surface area contributed by atoms with Crippen molar-refractivity contribution in [3.8, 4) is 5.75 Å². The number of fused-ring (bicyclic) bond motifs is 3. The van der Waals surface area contributed by atoms with Crippen LogP contribution in [0.4, 0.5) is 0 Å². The highest BCUT2D eigenvalue weighted by molar-refractivity contribution is 7.12. The van der Waals surface area contributed by atoms with Crippen molar-refractivity contribution in [2.24, 2.45) is 5.10 Å². The first-order valence-electron chi connectivity index (χ1n) is 7.96. The van der Waals surface area contributed by atoms with E-state index in [0.717, 1.165) is 23.6 Å². The van der Waals surface area contributed by atoms with E-state index in [2.05, 4.69) is 39.6 Å². The molecule has 0 bridgehead atoms. The van der Waals surface area contributed by atoms with Gasteiger partial charge in [-0.05, 0) is 29.6 Å². The van der Waals surface area contributed by atoms with Crippen molar-refractivity contribution in [2.45, 2.75) is 18.7 Å². The minimum absolute atomic E-state index is 0.194. The lowest BCUT2D eigenvalue weighted by atomic mass is 9.98. The molecule has 2 atom stereocenters. The Morgan fingerprint density at radius 3 is 2.79 bits per heavy atom. The number of aromatic nitrogens is 1. The first-order chi connectivity index (χ1) is 11.9. The number of hydrogen-bond acceptors (Lipinski definition) is 5. The Labute approximate surface area is 144 Å². The number of rotatable bonds is 2. The maximum absolute atomic E-state index is 6.26. The summed E-state index contributed by atoms with van der Waals surface area (Å²) in [5, 5.41) is 9.07. The van der Waals surface area contributed by atoms with E-state index >= 15 is 0 Å². The Kier molecular flexibility index (Phi) is 3.13. The smallest absolute Gasteiger partial charge is 0.230 e. The fraction of sp³-hybridized carbons (Fsp3) is 0.158. The summed E-state index contributed by atoms with van der Waals surface area (Å²) in [7, 11) is 0. The number of benzene rings is 1. The molecule has 0 unspecified atom stereocenters. The molecule has 0 radical (unpaired) electrons. The van der Waals surface area contributed by atoms with Crippen LogP contribution in [0.25, 0.3) is 0 Å². The van der Waals surface area contributed by atoms with Gasteiger partial charge in [-0.15, -0.1) is 11.3 Å². The van der Waals surface area contributed by atoms with Crippen LogP contribution in [0, 0.1) is 0 Å². The predicted octanol–water partition coefficient (Wildman–Crippen LogP) is 4.39. The summed E-state index contributed by atoms with van der Waals surface area (Å²) >= 11 is 1.73. The van der Waals surface area contributed by atoms with E-state index in [1.54, 1.807) is 17.5 Å². The zero-order chi connectivity index (χ0) is 15.9. The Morgan fingerprint density at radius 2 is 1.96 bits per heavy atom. The highest BCUT2D eigenvalue weighted by atomic mass is 32.1. The second-order valence-corrected chi connectivity index (χ2v) is 6.83. The monoisotopic (exact) mass is 333 g/mol.